The Hall–Kier alpha value is -4.13. The molecule has 4 rings (SSSR count). The Kier molecular flexibility index (Phi) is 5.43. The SMILES string of the molecule is CCOc1ccccc1N=c1oc2cc(O)ccc2cc1C(=O)Nc1ccccn1. The van der Waals surface area contributed by atoms with Crippen LogP contribution >= 0.6 is 0 Å². The molecule has 4 aromatic rings. The minimum atomic E-state index is -0.417. The molecule has 0 radical (unpaired) electrons. The van der Waals surface area contributed by atoms with Gasteiger partial charge in [0.25, 0.3) is 5.91 Å². The molecule has 7 nitrogen and oxygen atoms in total. The van der Waals surface area contributed by atoms with E-state index in [-0.39, 0.29) is 16.9 Å². The predicted molar refractivity (Wildman–Crippen MR) is 113 cm³/mol. The normalized spacial score (nSPS) is 11.4. The quantitative estimate of drug-likeness (QED) is 0.516. The molecule has 2 heterocycles. The molecule has 2 aromatic carbocycles. The molecule has 0 spiro atoms. The lowest BCUT2D eigenvalue weighted by molar-refractivity contribution is 0.102. The van der Waals surface area contributed by atoms with Gasteiger partial charge in [-0.05, 0) is 49.4 Å². The van der Waals surface area contributed by atoms with Crippen molar-refractivity contribution in [2.45, 2.75) is 6.92 Å². The Morgan fingerprint density at radius 1 is 1.13 bits per heavy atom. The summed E-state index contributed by atoms with van der Waals surface area (Å²) >= 11 is 0. The molecule has 0 aliphatic heterocycles. The van der Waals surface area contributed by atoms with Gasteiger partial charge in [0.15, 0.2) is 0 Å². The summed E-state index contributed by atoms with van der Waals surface area (Å²) in [6.45, 7) is 2.36. The molecule has 1 amide bonds. The second-order valence-corrected chi connectivity index (χ2v) is 6.37. The molecule has 0 saturated heterocycles. The molecule has 150 valence electrons. The van der Waals surface area contributed by atoms with Crippen molar-refractivity contribution in [3.63, 3.8) is 0 Å². The third-order valence-electron chi connectivity index (χ3n) is 4.27. The largest absolute Gasteiger partial charge is 0.508 e. The number of aromatic hydroxyl groups is 1. The van der Waals surface area contributed by atoms with E-state index in [2.05, 4.69) is 15.3 Å². The zero-order valence-electron chi connectivity index (χ0n) is 16.2. The Morgan fingerprint density at radius 2 is 1.97 bits per heavy atom. The number of fused-ring (bicyclic) bond motifs is 1. The van der Waals surface area contributed by atoms with Crippen LogP contribution in [0.15, 0.2) is 82.3 Å². The topological polar surface area (TPSA) is 97.0 Å². The Morgan fingerprint density at radius 3 is 2.77 bits per heavy atom. The second kappa shape index (κ2) is 8.48. The minimum Gasteiger partial charge on any atom is -0.508 e. The minimum absolute atomic E-state index is 0.0533. The highest BCUT2D eigenvalue weighted by Gasteiger charge is 2.14. The molecular weight excluding hydrogens is 382 g/mol. The summed E-state index contributed by atoms with van der Waals surface area (Å²) in [6, 6.07) is 18.8. The van der Waals surface area contributed by atoms with Crippen molar-refractivity contribution in [2.24, 2.45) is 4.99 Å². The number of amides is 1. The van der Waals surface area contributed by atoms with E-state index < -0.39 is 5.91 Å². The highest BCUT2D eigenvalue weighted by atomic mass is 16.5. The van der Waals surface area contributed by atoms with Crippen LogP contribution in [0.4, 0.5) is 11.5 Å². The van der Waals surface area contributed by atoms with E-state index in [0.717, 1.165) is 0 Å². The number of carbonyl (C=O) groups excluding carboxylic acids is 1. The van der Waals surface area contributed by atoms with Crippen LogP contribution in [0.3, 0.4) is 0 Å². The highest BCUT2D eigenvalue weighted by Crippen LogP contribution is 2.27. The first-order valence-corrected chi connectivity index (χ1v) is 9.40. The van der Waals surface area contributed by atoms with Crippen LogP contribution < -0.4 is 15.6 Å². The fourth-order valence-electron chi connectivity index (χ4n) is 2.91. The van der Waals surface area contributed by atoms with Crippen molar-refractivity contribution in [1.82, 2.24) is 4.98 Å². The van der Waals surface area contributed by atoms with Crippen molar-refractivity contribution in [3.05, 3.63) is 84.0 Å². The number of nitrogens with one attached hydrogen (secondary N) is 1. The van der Waals surface area contributed by atoms with Crippen LogP contribution in [0.5, 0.6) is 11.5 Å². The third-order valence-corrected chi connectivity index (χ3v) is 4.27. The molecule has 0 saturated carbocycles. The molecule has 2 N–H and O–H groups in total. The molecule has 0 bridgehead atoms. The van der Waals surface area contributed by atoms with Crippen LogP contribution in [0, 0.1) is 0 Å². The molecule has 7 heteroatoms. The summed E-state index contributed by atoms with van der Waals surface area (Å²) < 4.78 is 11.5. The number of nitrogens with zero attached hydrogens (tertiary/aromatic N) is 2. The maximum atomic E-state index is 13.0. The molecule has 0 fully saturated rings. The van der Waals surface area contributed by atoms with Gasteiger partial charge in [0.05, 0.1) is 6.61 Å². The Bertz CT molecular complexity index is 1270. The Balaban J connectivity index is 1.88. The van der Waals surface area contributed by atoms with Crippen molar-refractivity contribution in [3.8, 4) is 11.5 Å². The number of rotatable bonds is 5. The zero-order valence-corrected chi connectivity index (χ0v) is 16.2. The van der Waals surface area contributed by atoms with Gasteiger partial charge in [-0.2, -0.15) is 0 Å². The maximum Gasteiger partial charge on any atom is 0.262 e. The lowest BCUT2D eigenvalue weighted by atomic mass is 10.1. The number of pyridine rings is 1. The first-order chi connectivity index (χ1) is 14.6. The van der Waals surface area contributed by atoms with Crippen molar-refractivity contribution in [2.75, 3.05) is 11.9 Å². The average molecular weight is 401 g/mol. The van der Waals surface area contributed by atoms with E-state index in [1.165, 1.54) is 12.1 Å². The summed E-state index contributed by atoms with van der Waals surface area (Å²) in [7, 11) is 0. The summed E-state index contributed by atoms with van der Waals surface area (Å²) in [4.78, 5) is 21.7. The van der Waals surface area contributed by atoms with Gasteiger partial charge < -0.3 is 19.6 Å². The van der Waals surface area contributed by atoms with E-state index in [0.29, 0.717) is 34.8 Å². The standard InChI is InChI=1S/C23H19N3O4/c1-2-29-19-8-4-3-7-18(19)25-23-17(22(28)26-21-9-5-6-12-24-21)13-15-10-11-16(27)14-20(15)30-23/h3-14,27H,2H2,1H3,(H,24,26,28). The molecule has 0 unspecified atom stereocenters. The van der Waals surface area contributed by atoms with Gasteiger partial charge in [0.1, 0.15) is 34.2 Å². The van der Waals surface area contributed by atoms with Crippen LogP contribution in [0.2, 0.25) is 0 Å². The number of phenolic OH excluding ortho intramolecular Hbond substituents is 1. The van der Waals surface area contributed by atoms with Gasteiger partial charge in [0, 0.05) is 17.6 Å². The van der Waals surface area contributed by atoms with Crippen LogP contribution in [-0.2, 0) is 0 Å². The van der Waals surface area contributed by atoms with Crippen LogP contribution in [-0.4, -0.2) is 22.6 Å². The van der Waals surface area contributed by atoms with E-state index in [1.54, 1.807) is 48.7 Å². The number of carbonyl (C=O) groups is 1. The summed E-state index contributed by atoms with van der Waals surface area (Å²) in [5.41, 5.74) is 1.24. The summed E-state index contributed by atoms with van der Waals surface area (Å²) in [6.07, 6.45) is 1.59. The number of ether oxygens (including phenoxy) is 1. The van der Waals surface area contributed by atoms with E-state index in [9.17, 15) is 9.90 Å². The number of phenols is 1. The molecule has 2 aromatic heterocycles. The van der Waals surface area contributed by atoms with Crippen molar-refractivity contribution in [1.29, 1.82) is 0 Å². The molecular formula is C23H19N3O4. The lowest BCUT2D eigenvalue weighted by Crippen LogP contribution is -2.22. The number of aromatic nitrogens is 1. The Labute approximate surface area is 172 Å². The highest BCUT2D eigenvalue weighted by molar-refractivity contribution is 6.05. The number of hydrogen-bond acceptors (Lipinski definition) is 6. The first-order valence-electron chi connectivity index (χ1n) is 9.40. The molecule has 0 atom stereocenters. The number of anilines is 1. The molecule has 0 aliphatic rings. The molecule has 0 aliphatic carbocycles. The van der Waals surface area contributed by atoms with Crippen LogP contribution in [0.25, 0.3) is 11.0 Å². The number of benzene rings is 2. The third kappa shape index (κ3) is 4.15. The van der Waals surface area contributed by atoms with Gasteiger partial charge in [-0.25, -0.2) is 9.98 Å². The predicted octanol–water partition coefficient (Wildman–Crippen LogP) is 4.42. The number of hydrogen-bond donors (Lipinski definition) is 2. The van der Waals surface area contributed by atoms with E-state index in [1.807, 2.05) is 19.1 Å². The van der Waals surface area contributed by atoms with Gasteiger partial charge in [-0.15, -0.1) is 0 Å². The second-order valence-electron chi connectivity index (χ2n) is 6.37. The zero-order chi connectivity index (χ0) is 20.9. The first kappa shape index (κ1) is 19.2. The molecule has 30 heavy (non-hydrogen) atoms. The maximum absolute atomic E-state index is 13.0. The van der Waals surface area contributed by atoms with E-state index >= 15 is 0 Å². The monoisotopic (exact) mass is 401 g/mol. The smallest absolute Gasteiger partial charge is 0.262 e. The lowest BCUT2D eigenvalue weighted by Gasteiger charge is -2.08. The fraction of sp³-hybridized carbons (Fsp3) is 0.0870. The van der Waals surface area contributed by atoms with Crippen LogP contribution in [0.1, 0.15) is 17.3 Å². The average Bonchev–Trinajstić information content (AvgIpc) is 2.75. The van der Waals surface area contributed by atoms with Gasteiger partial charge >= 0.3 is 0 Å². The van der Waals surface area contributed by atoms with Crippen molar-refractivity contribution >= 4 is 28.4 Å². The summed E-state index contributed by atoms with van der Waals surface area (Å²) in [5.74, 6) is 0.619. The summed E-state index contributed by atoms with van der Waals surface area (Å²) in [5, 5.41) is 13.2. The fourth-order valence-corrected chi connectivity index (χ4v) is 2.91. The number of para-hydroxylation sites is 2. The van der Waals surface area contributed by atoms with Gasteiger partial charge in [-0.3, -0.25) is 4.79 Å². The van der Waals surface area contributed by atoms with Gasteiger partial charge in [0.2, 0.25) is 5.55 Å². The van der Waals surface area contributed by atoms with Crippen molar-refractivity contribution < 1.29 is 19.1 Å². The van der Waals surface area contributed by atoms with Gasteiger partial charge in [-0.1, -0.05) is 18.2 Å². The van der Waals surface area contributed by atoms with E-state index in [4.69, 9.17) is 9.15 Å².